The van der Waals surface area contributed by atoms with Gasteiger partial charge >= 0.3 is 6.03 Å². The SMILES string of the molecule is COc1ccc(N[C@@H]2CCCN(C(=O)C3CCN(C(=O)N(C)C)CC3)C2)cc1. The summed E-state index contributed by atoms with van der Waals surface area (Å²) in [4.78, 5) is 30.5. The molecule has 0 aliphatic carbocycles. The molecule has 2 aliphatic rings. The van der Waals surface area contributed by atoms with Crippen LogP contribution >= 0.6 is 0 Å². The highest BCUT2D eigenvalue weighted by Gasteiger charge is 2.32. The Bertz CT molecular complexity index is 669. The van der Waals surface area contributed by atoms with Gasteiger partial charge in [-0.2, -0.15) is 0 Å². The Morgan fingerprint density at radius 3 is 2.32 bits per heavy atom. The van der Waals surface area contributed by atoms with Crippen LogP contribution in [0.25, 0.3) is 0 Å². The Hall–Kier alpha value is -2.44. The molecule has 0 unspecified atom stereocenters. The van der Waals surface area contributed by atoms with Crippen LogP contribution in [0.4, 0.5) is 10.5 Å². The number of anilines is 1. The summed E-state index contributed by atoms with van der Waals surface area (Å²) >= 11 is 0. The van der Waals surface area contributed by atoms with E-state index in [1.807, 2.05) is 34.1 Å². The van der Waals surface area contributed by atoms with Gasteiger partial charge in [0.25, 0.3) is 0 Å². The molecular formula is C21H32N4O3. The van der Waals surface area contributed by atoms with Crippen molar-refractivity contribution in [2.24, 2.45) is 5.92 Å². The summed E-state index contributed by atoms with van der Waals surface area (Å²) < 4.78 is 5.20. The lowest BCUT2D eigenvalue weighted by Gasteiger charge is -2.38. The molecule has 0 bridgehead atoms. The zero-order valence-electron chi connectivity index (χ0n) is 17.2. The van der Waals surface area contributed by atoms with E-state index in [0.29, 0.717) is 13.1 Å². The summed E-state index contributed by atoms with van der Waals surface area (Å²) in [6.45, 7) is 2.89. The highest BCUT2D eigenvalue weighted by Crippen LogP contribution is 2.24. The van der Waals surface area contributed by atoms with Gasteiger partial charge in [0.15, 0.2) is 0 Å². The normalized spacial score (nSPS) is 20.6. The van der Waals surface area contributed by atoms with E-state index in [-0.39, 0.29) is 23.9 Å². The van der Waals surface area contributed by atoms with Gasteiger partial charge in [0, 0.05) is 57.9 Å². The molecule has 1 aromatic carbocycles. The van der Waals surface area contributed by atoms with Crippen LogP contribution in [0.5, 0.6) is 5.75 Å². The van der Waals surface area contributed by atoms with Crippen molar-refractivity contribution in [1.29, 1.82) is 0 Å². The van der Waals surface area contributed by atoms with Crippen molar-refractivity contribution in [1.82, 2.24) is 14.7 Å². The van der Waals surface area contributed by atoms with Gasteiger partial charge in [-0.05, 0) is 49.9 Å². The first-order valence-corrected chi connectivity index (χ1v) is 10.1. The van der Waals surface area contributed by atoms with E-state index in [0.717, 1.165) is 50.2 Å². The van der Waals surface area contributed by atoms with Gasteiger partial charge in [-0.25, -0.2) is 4.79 Å². The molecule has 1 atom stereocenters. The maximum Gasteiger partial charge on any atom is 0.319 e. The summed E-state index contributed by atoms with van der Waals surface area (Å²) in [6.07, 6.45) is 3.58. The molecule has 2 aliphatic heterocycles. The second-order valence-electron chi connectivity index (χ2n) is 7.93. The molecule has 1 N–H and O–H groups in total. The Morgan fingerprint density at radius 2 is 1.71 bits per heavy atom. The number of benzene rings is 1. The smallest absolute Gasteiger partial charge is 0.319 e. The third-order valence-electron chi connectivity index (χ3n) is 5.69. The molecule has 2 heterocycles. The topological polar surface area (TPSA) is 65.1 Å². The minimum Gasteiger partial charge on any atom is -0.497 e. The third kappa shape index (κ3) is 4.88. The van der Waals surface area contributed by atoms with Crippen LogP contribution in [0.1, 0.15) is 25.7 Å². The van der Waals surface area contributed by atoms with Crippen molar-refractivity contribution in [3.63, 3.8) is 0 Å². The van der Waals surface area contributed by atoms with Gasteiger partial charge in [0.2, 0.25) is 5.91 Å². The number of methoxy groups -OCH3 is 1. The number of nitrogens with one attached hydrogen (secondary N) is 1. The van der Waals surface area contributed by atoms with E-state index < -0.39 is 0 Å². The van der Waals surface area contributed by atoms with Crippen LogP contribution in [0, 0.1) is 5.92 Å². The second kappa shape index (κ2) is 9.17. The number of urea groups is 1. The number of amides is 3. The Morgan fingerprint density at radius 1 is 1.04 bits per heavy atom. The van der Waals surface area contributed by atoms with Gasteiger partial charge in [0.05, 0.1) is 7.11 Å². The van der Waals surface area contributed by atoms with E-state index in [2.05, 4.69) is 5.32 Å². The quantitative estimate of drug-likeness (QED) is 0.861. The highest BCUT2D eigenvalue weighted by molar-refractivity contribution is 5.80. The summed E-state index contributed by atoms with van der Waals surface area (Å²) in [7, 11) is 5.19. The molecule has 1 aromatic rings. The van der Waals surface area contributed by atoms with E-state index in [1.54, 1.807) is 26.1 Å². The lowest BCUT2D eigenvalue weighted by atomic mass is 9.94. The maximum atomic E-state index is 13.0. The number of ether oxygens (including phenoxy) is 1. The van der Waals surface area contributed by atoms with Crippen molar-refractivity contribution < 1.29 is 14.3 Å². The molecule has 3 rings (SSSR count). The fraction of sp³-hybridized carbons (Fsp3) is 0.619. The van der Waals surface area contributed by atoms with Crippen molar-refractivity contribution in [2.75, 3.05) is 52.7 Å². The van der Waals surface area contributed by atoms with Crippen LogP contribution in [0.2, 0.25) is 0 Å². The molecule has 0 spiro atoms. The average molecular weight is 389 g/mol. The Kier molecular flexibility index (Phi) is 6.65. The van der Waals surface area contributed by atoms with Gasteiger partial charge in [0.1, 0.15) is 5.75 Å². The van der Waals surface area contributed by atoms with Gasteiger partial charge in [-0.3, -0.25) is 4.79 Å². The van der Waals surface area contributed by atoms with Crippen LogP contribution in [-0.4, -0.2) is 80.1 Å². The molecule has 154 valence electrons. The van der Waals surface area contributed by atoms with Crippen molar-refractivity contribution in [3.05, 3.63) is 24.3 Å². The standard InChI is InChI=1S/C21H32N4O3/c1-23(2)21(27)24-13-10-16(11-14-24)20(26)25-12-4-5-18(15-25)22-17-6-8-19(28-3)9-7-17/h6-9,16,18,22H,4-5,10-15H2,1-3H3/t18-/m1/s1. The minimum atomic E-state index is 0.0333. The molecule has 2 saturated heterocycles. The van der Waals surface area contributed by atoms with Gasteiger partial charge in [-0.1, -0.05) is 0 Å². The molecule has 0 saturated carbocycles. The zero-order chi connectivity index (χ0) is 20.1. The maximum absolute atomic E-state index is 13.0. The van der Waals surface area contributed by atoms with E-state index in [1.165, 1.54) is 0 Å². The first kappa shape index (κ1) is 20.3. The monoisotopic (exact) mass is 388 g/mol. The molecule has 2 fully saturated rings. The molecule has 28 heavy (non-hydrogen) atoms. The molecular weight excluding hydrogens is 356 g/mol. The number of piperidine rings is 2. The predicted octanol–water partition coefficient (Wildman–Crippen LogP) is 2.49. The first-order valence-electron chi connectivity index (χ1n) is 10.1. The number of nitrogens with zero attached hydrogens (tertiary/aromatic N) is 3. The molecule has 0 radical (unpaired) electrons. The van der Waals surface area contributed by atoms with Crippen LogP contribution in [0.3, 0.4) is 0 Å². The van der Waals surface area contributed by atoms with Gasteiger partial charge < -0.3 is 24.8 Å². The summed E-state index contributed by atoms with van der Waals surface area (Å²) in [6, 6.07) is 8.20. The Labute approximate surface area is 167 Å². The van der Waals surface area contributed by atoms with Crippen molar-refractivity contribution in [2.45, 2.75) is 31.7 Å². The van der Waals surface area contributed by atoms with E-state index >= 15 is 0 Å². The molecule has 0 aromatic heterocycles. The lowest BCUT2D eigenvalue weighted by molar-refractivity contribution is -0.138. The van der Waals surface area contributed by atoms with Crippen LogP contribution < -0.4 is 10.1 Å². The number of carbonyl (C=O) groups excluding carboxylic acids is 2. The number of hydrogen-bond acceptors (Lipinski definition) is 4. The van der Waals surface area contributed by atoms with E-state index in [4.69, 9.17) is 4.74 Å². The zero-order valence-corrected chi connectivity index (χ0v) is 17.2. The third-order valence-corrected chi connectivity index (χ3v) is 5.69. The molecule has 7 heteroatoms. The van der Waals surface area contributed by atoms with Crippen LogP contribution in [-0.2, 0) is 4.79 Å². The van der Waals surface area contributed by atoms with Crippen molar-refractivity contribution in [3.8, 4) is 5.75 Å². The second-order valence-corrected chi connectivity index (χ2v) is 7.93. The predicted molar refractivity (Wildman–Crippen MR) is 110 cm³/mol. The Balaban J connectivity index is 1.51. The first-order chi connectivity index (χ1) is 13.5. The average Bonchev–Trinajstić information content (AvgIpc) is 2.73. The van der Waals surface area contributed by atoms with E-state index in [9.17, 15) is 9.59 Å². The van der Waals surface area contributed by atoms with Crippen LogP contribution in [0.15, 0.2) is 24.3 Å². The minimum absolute atomic E-state index is 0.0333. The lowest BCUT2D eigenvalue weighted by Crippen LogP contribution is -2.50. The van der Waals surface area contributed by atoms with Crippen molar-refractivity contribution >= 4 is 17.6 Å². The fourth-order valence-corrected chi connectivity index (χ4v) is 4.08. The highest BCUT2D eigenvalue weighted by atomic mass is 16.5. The molecule has 3 amide bonds. The summed E-state index contributed by atoms with van der Waals surface area (Å²) in [5.74, 6) is 1.12. The van der Waals surface area contributed by atoms with Gasteiger partial charge in [-0.15, -0.1) is 0 Å². The number of likely N-dealkylation sites (tertiary alicyclic amines) is 2. The number of hydrogen-bond donors (Lipinski definition) is 1. The fourth-order valence-electron chi connectivity index (χ4n) is 4.08. The molecule has 7 nitrogen and oxygen atoms in total. The largest absolute Gasteiger partial charge is 0.497 e. The summed E-state index contributed by atoms with van der Waals surface area (Å²) in [5, 5.41) is 3.55. The number of carbonyl (C=O) groups is 2. The summed E-state index contributed by atoms with van der Waals surface area (Å²) in [5.41, 5.74) is 1.05. The number of rotatable bonds is 4.